The Morgan fingerprint density at radius 2 is 1.69 bits per heavy atom. The van der Waals surface area contributed by atoms with Gasteiger partial charge in [-0.3, -0.25) is 4.55 Å². The summed E-state index contributed by atoms with van der Waals surface area (Å²) in [4.78, 5) is 0. The van der Waals surface area contributed by atoms with E-state index in [-0.39, 0.29) is 23.0 Å². The maximum atomic E-state index is 13.4. The molecule has 0 spiro atoms. The van der Waals surface area contributed by atoms with Crippen LogP contribution in [0.4, 0.5) is 5.69 Å². The highest BCUT2D eigenvalue weighted by atomic mass is 35.5. The van der Waals surface area contributed by atoms with Gasteiger partial charge in [0.2, 0.25) is 0 Å². The summed E-state index contributed by atoms with van der Waals surface area (Å²) < 4.78 is 50.3. The highest BCUT2D eigenvalue weighted by Gasteiger charge is 2.27. The first-order valence-corrected chi connectivity index (χ1v) is 14.3. The van der Waals surface area contributed by atoms with Crippen molar-refractivity contribution in [2.45, 2.75) is 17.3 Å². The lowest BCUT2D eigenvalue weighted by molar-refractivity contribution is 0.402. The van der Waals surface area contributed by atoms with Crippen LogP contribution < -0.4 is 4.31 Å². The van der Waals surface area contributed by atoms with E-state index in [9.17, 15) is 22.4 Å². The fourth-order valence-corrected chi connectivity index (χ4v) is 6.84. The predicted octanol–water partition coefficient (Wildman–Crippen LogP) is 5.88. The number of thiophene rings is 1. The summed E-state index contributed by atoms with van der Waals surface area (Å²) in [5.41, 5.74) is 2.82. The molecule has 36 heavy (non-hydrogen) atoms. The molecule has 7 nitrogen and oxygen atoms in total. The van der Waals surface area contributed by atoms with Crippen molar-refractivity contribution in [3.63, 3.8) is 0 Å². The highest BCUT2D eigenvalue weighted by Crippen LogP contribution is 2.34. The monoisotopic (exact) mass is 557 g/mol. The number of hydrogen-bond donors (Lipinski definition) is 1. The Labute approximate surface area is 221 Å². The normalized spacial score (nSPS) is 12.3. The first-order valence-electron chi connectivity index (χ1n) is 10.6. The van der Waals surface area contributed by atoms with E-state index in [0.717, 1.165) is 16.9 Å². The van der Waals surface area contributed by atoms with Gasteiger partial charge in [-0.2, -0.15) is 13.9 Å². The van der Waals surface area contributed by atoms with Gasteiger partial charge in [0.05, 0.1) is 5.69 Å². The minimum atomic E-state index is -3.78. The van der Waals surface area contributed by atoms with Gasteiger partial charge in [0.25, 0.3) is 21.3 Å². The van der Waals surface area contributed by atoms with E-state index in [0.29, 0.717) is 26.0 Å². The van der Waals surface area contributed by atoms with Crippen LogP contribution in [0.3, 0.4) is 0 Å². The van der Waals surface area contributed by atoms with Crippen LogP contribution in [-0.2, 0) is 34.4 Å². The smallest absolute Gasteiger partial charge is 0.275 e. The molecule has 184 valence electrons. The second-order valence-corrected chi connectivity index (χ2v) is 12.0. The van der Waals surface area contributed by atoms with E-state index in [1.165, 1.54) is 4.31 Å². The SMILES string of the molecule is N#CN(c1ccccc1-c1ccc(CN(Cc2ccccc2)S(=O)(=O)c2cccs2)c(Cl)c1)S(=O)O. The standard InChI is InChI=1S/C25H20ClN3O4S3/c26-23-15-20(22-9-4-5-10-24(22)29(18-27)35(30)31)12-13-21(23)17-28(16-19-7-2-1-3-8-19)36(32,33)25-11-6-14-34-25/h1-15H,16-17H2,(H,30,31). The number of nitriles is 1. The van der Waals surface area contributed by atoms with Crippen LogP contribution in [0.25, 0.3) is 11.1 Å². The molecule has 0 radical (unpaired) electrons. The van der Waals surface area contributed by atoms with E-state index < -0.39 is 21.3 Å². The number of rotatable bonds is 9. The molecule has 1 N–H and O–H groups in total. The zero-order chi connectivity index (χ0) is 25.7. The molecule has 0 bridgehead atoms. The van der Waals surface area contributed by atoms with Crippen molar-refractivity contribution in [3.8, 4) is 17.3 Å². The maximum absolute atomic E-state index is 13.4. The van der Waals surface area contributed by atoms with Crippen LogP contribution in [0, 0.1) is 11.5 Å². The Bertz CT molecular complexity index is 1520. The Hall–Kier alpha value is -3.04. The average molecular weight is 558 g/mol. The largest absolute Gasteiger partial charge is 0.288 e. The zero-order valence-corrected chi connectivity index (χ0v) is 21.9. The molecule has 0 aliphatic rings. The molecule has 1 heterocycles. The summed E-state index contributed by atoms with van der Waals surface area (Å²) in [5, 5.41) is 11.4. The molecule has 0 aliphatic carbocycles. The molecule has 0 saturated heterocycles. The third kappa shape index (κ3) is 5.68. The summed E-state index contributed by atoms with van der Waals surface area (Å²) in [7, 11) is -3.78. The lowest BCUT2D eigenvalue weighted by Crippen LogP contribution is -2.29. The van der Waals surface area contributed by atoms with E-state index in [2.05, 4.69) is 0 Å². The van der Waals surface area contributed by atoms with Crippen molar-refractivity contribution < 1.29 is 17.2 Å². The lowest BCUT2D eigenvalue weighted by Gasteiger charge is -2.23. The van der Waals surface area contributed by atoms with Crippen molar-refractivity contribution in [2.75, 3.05) is 4.31 Å². The summed E-state index contributed by atoms with van der Waals surface area (Å²) in [6.45, 7) is 0.211. The Balaban J connectivity index is 1.70. The number of sulfonamides is 1. The van der Waals surface area contributed by atoms with E-state index >= 15 is 0 Å². The molecule has 0 saturated carbocycles. The molecule has 0 aliphatic heterocycles. The lowest BCUT2D eigenvalue weighted by atomic mass is 10.0. The summed E-state index contributed by atoms with van der Waals surface area (Å²) in [6, 6.07) is 24.4. The molecule has 1 atom stereocenters. The minimum Gasteiger partial charge on any atom is -0.288 e. The Morgan fingerprint density at radius 3 is 2.33 bits per heavy atom. The molecule has 3 aromatic carbocycles. The van der Waals surface area contributed by atoms with E-state index in [4.69, 9.17) is 11.6 Å². The van der Waals surface area contributed by atoms with Crippen LogP contribution >= 0.6 is 22.9 Å². The van der Waals surface area contributed by atoms with Crippen molar-refractivity contribution in [1.82, 2.24) is 4.31 Å². The van der Waals surface area contributed by atoms with Gasteiger partial charge in [0, 0.05) is 23.7 Å². The van der Waals surface area contributed by atoms with Gasteiger partial charge >= 0.3 is 0 Å². The van der Waals surface area contributed by atoms with Crippen LogP contribution in [0.2, 0.25) is 5.02 Å². The van der Waals surface area contributed by atoms with Crippen molar-refractivity contribution in [1.29, 1.82) is 5.26 Å². The molecule has 11 heteroatoms. The number of anilines is 1. The molecular formula is C25H20ClN3O4S3. The van der Waals surface area contributed by atoms with Crippen LogP contribution in [-0.4, -0.2) is 21.5 Å². The minimum absolute atomic E-state index is 0.0425. The van der Waals surface area contributed by atoms with Gasteiger partial charge in [0.1, 0.15) is 4.21 Å². The van der Waals surface area contributed by atoms with E-state index in [1.807, 2.05) is 30.3 Å². The number of benzene rings is 3. The maximum Gasteiger partial charge on any atom is 0.275 e. The first kappa shape index (κ1) is 26.0. The third-order valence-corrected chi connectivity index (χ3v) is 9.48. The molecule has 4 rings (SSSR count). The van der Waals surface area contributed by atoms with Gasteiger partial charge in [-0.05, 0) is 40.3 Å². The van der Waals surface area contributed by atoms with Gasteiger partial charge in [-0.1, -0.05) is 78.3 Å². The third-order valence-electron chi connectivity index (χ3n) is 5.37. The van der Waals surface area contributed by atoms with Gasteiger partial charge in [0.15, 0.2) is 6.19 Å². The quantitative estimate of drug-likeness (QED) is 0.157. The van der Waals surface area contributed by atoms with Crippen molar-refractivity contribution in [2.24, 2.45) is 0 Å². The fourth-order valence-electron chi connectivity index (χ4n) is 3.65. The van der Waals surface area contributed by atoms with Crippen LogP contribution in [0.15, 0.2) is 94.5 Å². The van der Waals surface area contributed by atoms with Gasteiger partial charge in [-0.25, -0.2) is 12.6 Å². The van der Waals surface area contributed by atoms with Crippen molar-refractivity contribution in [3.05, 3.63) is 106 Å². The fraction of sp³-hybridized carbons (Fsp3) is 0.0800. The topological polar surface area (TPSA) is 102 Å². The first-order chi connectivity index (χ1) is 17.3. The van der Waals surface area contributed by atoms with Gasteiger partial charge < -0.3 is 0 Å². The van der Waals surface area contributed by atoms with Crippen molar-refractivity contribution >= 4 is 49.9 Å². The summed E-state index contributed by atoms with van der Waals surface area (Å²) >= 11 is 5.24. The number of halogens is 1. The number of hydrogen-bond acceptors (Lipinski definition) is 5. The second kappa shape index (κ2) is 11.3. The average Bonchev–Trinajstić information content (AvgIpc) is 3.42. The molecule has 0 fully saturated rings. The highest BCUT2D eigenvalue weighted by molar-refractivity contribution is 7.91. The summed E-state index contributed by atoms with van der Waals surface area (Å²) in [6.07, 6.45) is 1.71. The zero-order valence-electron chi connectivity index (χ0n) is 18.7. The number of nitrogens with zero attached hydrogens (tertiary/aromatic N) is 3. The predicted molar refractivity (Wildman–Crippen MR) is 143 cm³/mol. The second-order valence-electron chi connectivity index (χ2n) is 7.64. The Morgan fingerprint density at radius 1 is 0.972 bits per heavy atom. The van der Waals surface area contributed by atoms with Crippen LogP contribution in [0.1, 0.15) is 11.1 Å². The van der Waals surface area contributed by atoms with Gasteiger partial charge in [-0.15, -0.1) is 11.3 Å². The molecule has 1 unspecified atom stereocenters. The van der Waals surface area contributed by atoms with E-state index in [1.54, 1.807) is 66.2 Å². The molecule has 1 aromatic heterocycles. The molecule has 0 amide bonds. The number of para-hydroxylation sites is 1. The molecular weight excluding hydrogens is 538 g/mol. The summed E-state index contributed by atoms with van der Waals surface area (Å²) in [5.74, 6) is 0. The molecule has 4 aromatic rings. The van der Waals surface area contributed by atoms with Crippen LogP contribution in [0.5, 0.6) is 0 Å². The Kier molecular flexibility index (Phi) is 8.21.